The molecule has 0 heterocycles. The number of carbonyl (C=O) groups is 1. The molecule has 0 amide bonds. The fourth-order valence-electron chi connectivity index (χ4n) is 4.10. The number of carbonyl (C=O) groups excluding carboxylic acids is 1. The maximum atomic E-state index is 13.6. The van der Waals surface area contributed by atoms with Crippen LogP contribution in [-0.2, 0) is 16.4 Å². The van der Waals surface area contributed by atoms with Crippen LogP contribution in [0.4, 0.5) is 10.1 Å². The van der Waals surface area contributed by atoms with Gasteiger partial charge >= 0.3 is 0 Å². The van der Waals surface area contributed by atoms with Crippen molar-refractivity contribution < 1.29 is 22.5 Å². The molecule has 2 atom stereocenters. The molecule has 164 valence electrons. The first-order valence-electron chi connectivity index (χ1n) is 9.77. The minimum absolute atomic E-state index is 0.179. The van der Waals surface area contributed by atoms with Gasteiger partial charge in [0.1, 0.15) is 5.82 Å². The Hall–Kier alpha value is -3.43. The fraction of sp³-hybridized carbons (Fsp3) is 0.174. The quantitative estimate of drug-likeness (QED) is 0.444. The number of nitrogens with zero attached hydrogens (tertiary/aromatic N) is 1. The maximum absolute atomic E-state index is 13.6. The number of hydrogen-bond donors (Lipinski definition) is 1. The van der Waals surface area contributed by atoms with E-state index in [4.69, 9.17) is 0 Å². The topological polar surface area (TPSA) is 106 Å². The molecule has 0 spiro atoms. The Labute approximate surface area is 184 Å². The van der Waals surface area contributed by atoms with Gasteiger partial charge in [0.15, 0.2) is 5.78 Å². The van der Waals surface area contributed by atoms with E-state index in [0.29, 0.717) is 17.5 Å². The molecule has 3 aromatic carbocycles. The fourth-order valence-corrected chi connectivity index (χ4v) is 5.44. The largest absolute Gasteiger partial charge is 0.293 e. The number of halogens is 1. The van der Waals surface area contributed by atoms with Crippen LogP contribution in [0.25, 0.3) is 0 Å². The highest BCUT2D eigenvalue weighted by atomic mass is 32.2. The number of ketones is 1. The summed E-state index contributed by atoms with van der Waals surface area (Å²) in [7, 11) is -4.17. The minimum Gasteiger partial charge on any atom is -0.293 e. The van der Waals surface area contributed by atoms with E-state index in [1.165, 1.54) is 24.3 Å². The lowest BCUT2D eigenvalue weighted by molar-refractivity contribution is -0.384. The zero-order valence-electron chi connectivity index (χ0n) is 17.0. The summed E-state index contributed by atoms with van der Waals surface area (Å²) >= 11 is 0. The highest BCUT2D eigenvalue weighted by molar-refractivity contribution is 7.89. The van der Waals surface area contributed by atoms with Crippen LogP contribution in [0.3, 0.4) is 0 Å². The van der Waals surface area contributed by atoms with Crippen molar-refractivity contribution in [2.24, 2.45) is 5.41 Å². The zero-order chi connectivity index (χ0) is 23.1. The molecular formula is C23H19FN2O5S. The van der Waals surface area contributed by atoms with Gasteiger partial charge in [0.25, 0.3) is 5.69 Å². The lowest BCUT2D eigenvalue weighted by Gasteiger charge is -2.33. The molecule has 32 heavy (non-hydrogen) atoms. The number of Topliss-reactive ketones (excluding diaryl/α,β-unsaturated/α-hetero) is 1. The molecule has 0 fully saturated rings. The molecule has 0 aromatic heterocycles. The Bertz CT molecular complexity index is 1310. The summed E-state index contributed by atoms with van der Waals surface area (Å²) in [6.07, 6.45) is 0.298. The van der Waals surface area contributed by atoms with E-state index in [1.54, 1.807) is 19.1 Å². The van der Waals surface area contributed by atoms with E-state index in [0.717, 1.165) is 29.8 Å². The molecular weight excluding hydrogens is 435 g/mol. The number of sulfonamides is 1. The second kappa shape index (κ2) is 7.92. The second-order valence-corrected chi connectivity index (χ2v) is 9.65. The van der Waals surface area contributed by atoms with Crippen LogP contribution < -0.4 is 4.72 Å². The van der Waals surface area contributed by atoms with Crippen molar-refractivity contribution in [3.8, 4) is 0 Å². The first-order valence-corrected chi connectivity index (χ1v) is 11.2. The van der Waals surface area contributed by atoms with Crippen LogP contribution in [0, 0.1) is 21.3 Å². The van der Waals surface area contributed by atoms with Gasteiger partial charge in [0, 0.05) is 17.7 Å². The Balaban J connectivity index is 1.76. The average molecular weight is 454 g/mol. The molecule has 9 heteroatoms. The molecule has 4 rings (SSSR count). The average Bonchev–Trinajstić information content (AvgIpc) is 3.04. The van der Waals surface area contributed by atoms with Crippen LogP contribution in [0.5, 0.6) is 0 Å². The van der Waals surface area contributed by atoms with Gasteiger partial charge in [0.2, 0.25) is 10.0 Å². The second-order valence-electron chi connectivity index (χ2n) is 7.94. The van der Waals surface area contributed by atoms with E-state index >= 15 is 0 Å². The summed E-state index contributed by atoms with van der Waals surface area (Å²) in [5.74, 6) is -0.703. The molecule has 0 radical (unpaired) electrons. The van der Waals surface area contributed by atoms with Gasteiger partial charge in [0.05, 0.1) is 21.3 Å². The summed E-state index contributed by atoms with van der Waals surface area (Å²) in [4.78, 5) is 23.4. The van der Waals surface area contributed by atoms with Gasteiger partial charge in [-0.05, 0) is 41.8 Å². The van der Waals surface area contributed by atoms with Gasteiger partial charge in [-0.3, -0.25) is 14.9 Å². The first-order chi connectivity index (χ1) is 15.1. The summed E-state index contributed by atoms with van der Waals surface area (Å²) in [6.45, 7) is 1.68. The van der Waals surface area contributed by atoms with Crippen molar-refractivity contribution in [1.29, 1.82) is 0 Å². The summed E-state index contributed by atoms with van der Waals surface area (Å²) in [5.41, 5.74) is 0.362. The first kappa shape index (κ1) is 21.8. The van der Waals surface area contributed by atoms with E-state index in [2.05, 4.69) is 4.72 Å². The standard InChI is InChI=1S/C23H19FN2O5S/c1-23(14-16-4-2-3-5-20(16)22(23)27)21(15-6-8-17(24)9-7-15)25-32(30,31)19-12-10-18(11-13-19)26(28)29/h2-13,21,25H,14H2,1H3/t21-,23+/m0/s1. The Morgan fingerprint density at radius 1 is 1.03 bits per heavy atom. The Kier molecular flexibility index (Phi) is 5.39. The van der Waals surface area contributed by atoms with Crippen molar-refractivity contribution >= 4 is 21.5 Å². The Morgan fingerprint density at radius 3 is 2.25 bits per heavy atom. The molecule has 0 aliphatic heterocycles. The van der Waals surface area contributed by atoms with Crippen molar-refractivity contribution in [3.63, 3.8) is 0 Å². The van der Waals surface area contributed by atoms with Gasteiger partial charge in [-0.2, -0.15) is 0 Å². The monoisotopic (exact) mass is 454 g/mol. The van der Waals surface area contributed by atoms with Gasteiger partial charge in [-0.1, -0.05) is 43.3 Å². The van der Waals surface area contributed by atoms with Gasteiger partial charge in [-0.25, -0.2) is 17.5 Å². The lowest BCUT2D eigenvalue weighted by atomic mass is 9.76. The van der Waals surface area contributed by atoms with Crippen LogP contribution in [-0.4, -0.2) is 19.1 Å². The maximum Gasteiger partial charge on any atom is 0.269 e. The van der Waals surface area contributed by atoms with Crippen molar-refractivity contribution in [2.45, 2.75) is 24.3 Å². The minimum atomic E-state index is -4.17. The number of nitro groups is 1. The highest BCUT2D eigenvalue weighted by Crippen LogP contribution is 2.46. The number of benzene rings is 3. The molecule has 1 aliphatic carbocycles. The van der Waals surface area contributed by atoms with Crippen LogP contribution >= 0.6 is 0 Å². The van der Waals surface area contributed by atoms with Crippen LogP contribution in [0.1, 0.15) is 34.5 Å². The predicted molar refractivity (Wildman–Crippen MR) is 115 cm³/mol. The van der Waals surface area contributed by atoms with Gasteiger partial charge < -0.3 is 0 Å². The SMILES string of the molecule is C[C@]1([C@@H](NS(=O)(=O)c2ccc([N+](=O)[O-])cc2)c2ccc(F)cc2)Cc2ccccc2C1=O. The van der Waals surface area contributed by atoms with E-state index < -0.39 is 32.2 Å². The molecule has 0 bridgehead atoms. The number of rotatable bonds is 6. The van der Waals surface area contributed by atoms with Crippen LogP contribution in [0.2, 0.25) is 0 Å². The summed E-state index contributed by atoms with van der Waals surface area (Å²) < 4.78 is 42.5. The third kappa shape index (κ3) is 3.80. The zero-order valence-corrected chi connectivity index (χ0v) is 17.8. The van der Waals surface area contributed by atoms with E-state index in [9.17, 15) is 27.7 Å². The molecule has 1 aliphatic rings. The van der Waals surface area contributed by atoms with Crippen molar-refractivity contribution in [2.75, 3.05) is 0 Å². The van der Waals surface area contributed by atoms with E-state index in [1.807, 2.05) is 12.1 Å². The number of fused-ring (bicyclic) bond motifs is 1. The molecule has 1 N–H and O–H groups in total. The number of nitrogens with one attached hydrogen (secondary N) is 1. The summed E-state index contributed by atoms with van der Waals surface area (Å²) in [6, 6.07) is 15.9. The lowest BCUT2D eigenvalue weighted by Crippen LogP contribution is -2.43. The normalized spacial score (nSPS) is 18.9. The van der Waals surface area contributed by atoms with E-state index in [-0.39, 0.29) is 16.4 Å². The number of non-ortho nitro benzene ring substituents is 1. The molecule has 7 nitrogen and oxygen atoms in total. The van der Waals surface area contributed by atoms with Crippen LogP contribution in [0.15, 0.2) is 77.7 Å². The number of nitro benzene ring substituents is 1. The highest BCUT2D eigenvalue weighted by Gasteiger charge is 2.49. The summed E-state index contributed by atoms with van der Waals surface area (Å²) in [5, 5.41) is 10.9. The molecule has 0 saturated heterocycles. The molecule has 3 aromatic rings. The third-order valence-corrected chi connectivity index (χ3v) is 7.25. The number of hydrogen-bond acceptors (Lipinski definition) is 5. The van der Waals surface area contributed by atoms with Crippen molar-refractivity contribution in [1.82, 2.24) is 4.72 Å². The Morgan fingerprint density at radius 2 is 1.66 bits per heavy atom. The molecule has 0 saturated carbocycles. The van der Waals surface area contributed by atoms with Gasteiger partial charge in [-0.15, -0.1) is 0 Å². The third-order valence-electron chi connectivity index (χ3n) is 5.81. The predicted octanol–water partition coefficient (Wildman–Crippen LogP) is 4.20. The molecule has 0 unspecified atom stereocenters. The smallest absolute Gasteiger partial charge is 0.269 e. The van der Waals surface area contributed by atoms with Crippen molar-refractivity contribution in [3.05, 3.63) is 105 Å².